The van der Waals surface area contributed by atoms with Crippen molar-refractivity contribution in [1.29, 1.82) is 0 Å². The highest BCUT2D eigenvalue weighted by molar-refractivity contribution is 4.69. The van der Waals surface area contributed by atoms with Crippen LogP contribution in [0.25, 0.3) is 0 Å². The molecule has 2 fully saturated rings. The van der Waals surface area contributed by atoms with E-state index in [1.165, 1.54) is 6.42 Å². The van der Waals surface area contributed by atoms with Crippen LogP contribution in [0.1, 0.15) is 25.7 Å². The molecule has 3 atom stereocenters. The number of ether oxygens (including phenoxy) is 3. The highest BCUT2D eigenvalue weighted by Crippen LogP contribution is 2.18. The smallest absolute Gasteiger partial charge is 0.157 e. The van der Waals surface area contributed by atoms with Crippen LogP contribution in [0.4, 0.5) is 0 Å². The predicted octanol–water partition coefficient (Wildman–Crippen LogP) is 0.927. The Morgan fingerprint density at radius 3 is 2.93 bits per heavy atom. The van der Waals surface area contributed by atoms with Crippen LogP contribution in [0, 0.1) is 5.92 Å². The summed E-state index contributed by atoms with van der Waals surface area (Å²) in [6.45, 7) is 2.62. The quantitative estimate of drug-likeness (QED) is 0.762. The van der Waals surface area contributed by atoms with Crippen molar-refractivity contribution < 1.29 is 19.3 Å². The summed E-state index contributed by atoms with van der Waals surface area (Å²) in [6, 6.07) is 0. The van der Waals surface area contributed by atoms with Gasteiger partial charge in [0.1, 0.15) is 0 Å². The van der Waals surface area contributed by atoms with E-state index in [4.69, 9.17) is 14.2 Å². The minimum Gasteiger partial charge on any atom is -0.391 e. The maximum atomic E-state index is 9.40. The lowest BCUT2D eigenvalue weighted by Crippen LogP contribution is -2.33. The molecule has 15 heavy (non-hydrogen) atoms. The fourth-order valence-electron chi connectivity index (χ4n) is 2.09. The highest BCUT2D eigenvalue weighted by atomic mass is 16.7. The molecule has 2 saturated heterocycles. The van der Waals surface area contributed by atoms with Crippen molar-refractivity contribution in [3.8, 4) is 0 Å². The molecule has 0 bridgehead atoms. The Morgan fingerprint density at radius 2 is 2.20 bits per heavy atom. The lowest BCUT2D eigenvalue weighted by atomic mass is 10.0. The maximum Gasteiger partial charge on any atom is 0.157 e. The third-order valence-electron chi connectivity index (χ3n) is 2.92. The molecular formula is C11H20O4. The number of hydrogen-bond donors (Lipinski definition) is 1. The summed E-state index contributed by atoms with van der Waals surface area (Å²) in [5.41, 5.74) is 0. The molecule has 88 valence electrons. The Bertz CT molecular complexity index is 179. The molecule has 0 radical (unpaired) electrons. The molecule has 0 aromatic rings. The van der Waals surface area contributed by atoms with Crippen molar-refractivity contribution >= 4 is 0 Å². The van der Waals surface area contributed by atoms with E-state index in [9.17, 15) is 5.11 Å². The van der Waals surface area contributed by atoms with E-state index in [0.717, 1.165) is 25.9 Å². The average molecular weight is 216 g/mol. The third-order valence-corrected chi connectivity index (χ3v) is 2.92. The van der Waals surface area contributed by atoms with E-state index in [1.54, 1.807) is 0 Å². The molecule has 2 heterocycles. The normalized spacial score (nSPS) is 37.8. The largest absolute Gasteiger partial charge is 0.391 e. The van der Waals surface area contributed by atoms with Gasteiger partial charge in [0.15, 0.2) is 6.29 Å². The first-order chi connectivity index (χ1) is 7.34. The van der Waals surface area contributed by atoms with Crippen LogP contribution in [0.2, 0.25) is 0 Å². The zero-order chi connectivity index (χ0) is 10.5. The summed E-state index contributed by atoms with van der Waals surface area (Å²) in [7, 11) is 0. The zero-order valence-corrected chi connectivity index (χ0v) is 9.06. The molecule has 0 saturated carbocycles. The summed E-state index contributed by atoms with van der Waals surface area (Å²) in [5.74, 6) is 0.319. The second-order valence-electron chi connectivity index (χ2n) is 4.42. The Hall–Kier alpha value is -0.160. The standard InChI is InChI=1S/C11H20O4/c12-10-5-9(6-13-8-10)7-15-11-3-1-2-4-14-11/h9-12H,1-8H2. The van der Waals surface area contributed by atoms with Gasteiger partial charge < -0.3 is 19.3 Å². The van der Waals surface area contributed by atoms with Gasteiger partial charge >= 0.3 is 0 Å². The topological polar surface area (TPSA) is 47.9 Å². The molecule has 3 unspecified atom stereocenters. The second kappa shape index (κ2) is 5.80. The van der Waals surface area contributed by atoms with Crippen LogP contribution in [0.3, 0.4) is 0 Å². The minimum absolute atomic E-state index is 0.0298. The first-order valence-electron chi connectivity index (χ1n) is 5.83. The molecule has 4 heteroatoms. The van der Waals surface area contributed by atoms with Crippen LogP contribution >= 0.6 is 0 Å². The molecule has 2 rings (SSSR count). The van der Waals surface area contributed by atoms with Crippen LogP contribution < -0.4 is 0 Å². The Balaban J connectivity index is 1.63. The van der Waals surface area contributed by atoms with Crippen LogP contribution in [0.15, 0.2) is 0 Å². The van der Waals surface area contributed by atoms with Gasteiger partial charge in [-0.25, -0.2) is 0 Å². The van der Waals surface area contributed by atoms with E-state index < -0.39 is 0 Å². The number of hydrogen-bond acceptors (Lipinski definition) is 4. The van der Waals surface area contributed by atoms with Crippen molar-refractivity contribution in [3.63, 3.8) is 0 Å². The summed E-state index contributed by atoms with van der Waals surface area (Å²) in [4.78, 5) is 0. The predicted molar refractivity (Wildman–Crippen MR) is 54.5 cm³/mol. The van der Waals surface area contributed by atoms with Gasteiger partial charge in [0, 0.05) is 12.5 Å². The molecule has 0 aliphatic carbocycles. The van der Waals surface area contributed by atoms with Gasteiger partial charge in [0.2, 0.25) is 0 Å². The van der Waals surface area contributed by atoms with Crippen molar-refractivity contribution in [3.05, 3.63) is 0 Å². The lowest BCUT2D eigenvalue weighted by Gasteiger charge is -2.29. The minimum atomic E-state index is -0.320. The average Bonchev–Trinajstić information content (AvgIpc) is 2.28. The molecule has 0 aromatic heterocycles. The molecule has 0 spiro atoms. The number of aliphatic hydroxyl groups is 1. The summed E-state index contributed by atoms with van der Waals surface area (Å²) < 4.78 is 16.4. The molecule has 2 aliphatic heterocycles. The maximum absolute atomic E-state index is 9.40. The zero-order valence-electron chi connectivity index (χ0n) is 9.06. The van der Waals surface area contributed by atoms with Crippen LogP contribution in [-0.2, 0) is 14.2 Å². The number of aliphatic hydroxyl groups excluding tert-OH is 1. The summed E-state index contributed by atoms with van der Waals surface area (Å²) in [6.07, 6.45) is 3.76. The van der Waals surface area contributed by atoms with E-state index >= 15 is 0 Å². The van der Waals surface area contributed by atoms with E-state index in [2.05, 4.69) is 0 Å². The molecule has 2 aliphatic rings. The SMILES string of the molecule is OC1COCC(COC2CCCCO2)C1. The first-order valence-corrected chi connectivity index (χ1v) is 5.83. The van der Waals surface area contributed by atoms with Gasteiger partial charge in [-0.2, -0.15) is 0 Å². The van der Waals surface area contributed by atoms with Gasteiger partial charge in [-0.1, -0.05) is 0 Å². The van der Waals surface area contributed by atoms with Gasteiger partial charge in [0.25, 0.3) is 0 Å². The molecular weight excluding hydrogens is 196 g/mol. The van der Waals surface area contributed by atoms with Gasteiger partial charge in [-0.3, -0.25) is 0 Å². The first kappa shape index (κ1) is 11.3. The van der Waals surface area contributed by atoms with Crippen molar-refractivity contribution in [1.82, 2.24) is 0 Å². The monoisotopic (exact) mass is 216 g/mol. The van der Waals surface area contributed by atoms with Crippen molar-refractivity contribution in [2.45, 2.75) is 38.1 Å². The molecule has 4 nitrogen and oxygen atoms in total. The third kappa shape index (κ3) is 3.72. The molecule has 0 aromatic carbocycles. The van der Waals surface area contributed by atoms with Crippen LogP contribution in [0.5, 0.6) is 0 Å². The van der Waals surface area contributed by atoms with Crippen molar-refractivity contribution in [2.24, 2.45) is 5.92 Å². The number of rotatable bonds is 3. The second-order valence-corrected chi connectivity index (χ2v) is 4.42. The molecule has 1 N–H and O–H groups in total. The summed E-state index contributed by atoms with van der Waals surface area (Å²) in [5, 5.41) is 9.40. The lowest BCUT2D eigenvalue weighted by molar-refractivity contribution is -0.178. The summed E-state index contributed by atoms with van der Waals surface area (Å²) >= 11 is 0. The fourth-order valence-corrected chi connectivity index (χ4v) is 2.09. The Kier molecular flexibility index (Phi) is 4.38. The Morgan fingerprint density at radius 1 is 1.27 bits per heavy atom. The molecule has 0 amide bonds. The van der Waals surface area contributed by atoms with Crippen LogP contribution in [-0.4, -0.2) is 43.9 Å². The van der Waals surface area contributed by atoms with Gasteiger partial charge in [0.05, 0.1) is 25.9 Å². The van der Waals surface area contributed by atoms with E-state index in [0.29, 0.717) is 25.7 Å². The van der Waals surface area contributed by atoms with Gasteiger partial charge in [-0.05, 0) is 25.7 Å². The fraction of sp³-hybridized carbons (Fsp3) is 1.00. The highest BCUT2D eigenvalue weighted by Gasteiger charge is 2.23. The Labute approximate surface area is 90.5 Å². The van der Waals surface area contributed by atoms with Gasteiger partial charge in [-0.15, -0.1) is 0 Å². The van der Waals surface area contributed by atoms with E-state index in [1.807, 2.05) is 0 Å². The van der Waals surface area contributed by atoms with Crippen molar-refractivity contribution in [2.75, 3.05) is 26.4 Å². The van der Waals surface area contributed by atoms with E-state index in [-0.39, 0.29) is 12.4 Å².